The molecule has 50 valence electrons. The molecule has 1 aromatic heterocycles. The largest absolute Gasteiger partial charge is 0.291 e. The minimum Gasteiger partial charge on any atom is -0.291 e. The maximum atomic E-state index is 8.43. The average molecular weight is 127 g/mol. The molecule has 1 aromatic rings. The third-order valence-corrected chi connectivity index (χ3v) is 1.13. The zero-order chi connectivity index (χ0) is 6.85. The summed E-state index contributed by atoms with van der Waals surface area (Å²) in [6, 6.07) is 0. The molecule has 0 saturated heterocycles. The van der Waals surface area contributed by atoms with Gasteiger partial charge in [0.15, 0.2) is 0 Å². The second-order valence-corrected chi connectivity index (χ2v) is 1.91. The molecule has 4 heteroatoms. The quantitative estimate of drug-likeness (QED) is 0.541. The fourth-order valence-electron chi connectivity index (χ4n) is 0.709. The van der Waals surface area contributed by atoms with Crippen molar-refractivity contribution in [3.8, 4) is 0 Å². The van der Waals surface area contributed by atoms with E-state index < -0.39 is 0 Å². The second kappa shape index (κ2) is 2.06. The van der Waals surface area contributed by atoms with Gasteiger partial charge in [0.2, 0.25) is 0 Å². The zero-order valence-electron chi connectivity index (χ0n) is 5.42. The van der Waals surface area contributed by atoms with Crippen molar-refractivity contribution in [2.75, 3.05) is 5.48 Å². The lowest BCUT2D eigenvalue weighted by atomic mass is 10.4. The van der Waals surface area contributed by atoms with Gasteiger partial charge < -0.3 is 0 Å². The predicted molar refractivity (Wildman–Crippen MR) is 33.4 cm³/mol. The van der Waals surface area contributed by atoms with Crippen molar-refractivity contribution in [1.29, 1.82) is 0 Å². The van der Waals surface area contributed by atoms with Gasteiger partial charge in [0.05, 0.1) is 11.9 Å². The van der Waals surface area contributed by atoms with Crippen molar-refractivity contribution in [3.05, 3.63) is 11.9 Å². The molecule has 0 amide bonds. The van der Waals surface area contributed by atoms with Gasteiger partial charge in [-0.05, 0) is 6.92 Å². The van der Waals surface area contributed by atoms with Crippen LogP contribution in [0.3, 0.4) is 0 Å². The van der Waals surface area contributed by atoms with E-state index in [0.29, 0.717) is 5.69 Å². The Hall–Kier alpha value is -1.03. The fraction of sp³-hybridized carbons (Fsp3) is 0.400. The van der Waals surface area contributed by atoms with Crippen molar-refractivity contribution >= 4 is 5.69 Å². The van der Waals surface area contributed by atoms with E-state index in [1.165, 1.54) is 0 Å². The number of aromatic nitrogens is 2. The smallest absolute Gasteiger partial charge is 0.101 e. The van der Waals surface area contributed by atoms with Crippen LogP contribution >= 0.6 is 0 Å². The lowest BCUT2D eigenvalue weighted by Crippen LogP contribution is -1.87. The van der Waals surface area contributed by atoms with Gasteiger partial charge in [0.1, 0.15) is 5.69 Å². The van der Waals surface area contributed by atoms with Crippen LogP contribution in [0.2, 0.25) is 0 Å². The molecular formula is C5H9N3O. The van der Waals surface area contributed by atoms with Crippen molar-refractivity contribution in [1.82, 2.24) is 9.78 Å². The normalized spacial score (nSPS) is 9.67. The number of hydrogen-bond acceptors (Lipinski definition) is 3. The van der Waals surface area contributed by atoms with Crippen LogP contribution in [0.4, 0.5) is 5.69 Å². The Bertz CT molecular complexity index is 206. The van der Waals surface area contributed by atoms with E-state index in [9.17, 15) is 0 Å². The van der Waals surface area contributed by atoms with E-state index in [-0.39, 0.29) is 0 Å². The Morgan fingerprint density at radius 3 is 2.67 bits per heavy atom. The van der Waals surface area contributed by atoms with Crippen LogP contribution in [0.5, 0.6) is 0 Å². The molecule has 9 heavy (non-hydrogen) atoms. The lowest BCUT2D eigenvalue weighted by molar-refractivity contribution is 0.388. The minimum absolute atomic E-state index is 0.650. The molecule has 1 rings (SSSR count). The van der Waals surface area contributed by atoms with Gasteiger partial charge in [-0.15, -0.1) is 0 Å². The van der Waals surface area contributed by atoms with Crippen LogP contribution in [0.25, 0.3) is 0 Å². The van der Waals surface area contributed by atoms with Gasteiger partial charge in [-0.2, -0.15) is 5.10 Å². The fourth-order valence-corrected chi connectivity index (χ4v) is 0.709. The summed E-state index contributed by atoms with van der Waals surface area (Å²) < 4.78 is 1.63. The highest BCUT2D eigenvalue weighted by Crippen LogP contribution is 2.08. The Morgan fingerprint density at radius 1 is 1.78 bits per heavy atom. The summed E-state index contributed by atoms with van der Waals surface area (Å²) in [6.45, 7) is 1.82. The molecule has 0 unspecified atom stereocenters. The molecule has 4 nitrogen and oxygen atoms in total. The van der Waals surface area contributed by atoms with E-state index in [1.54, 1.807) is 17.9 Å². The first-order chi connectivity index (χ1) is 4.24. The first-order valence-electron chi connectivity index (χ1n) is 2.64. The van der Waals surface area contributed by atoms with Crippen LogP contribution in [0.15, 0.2) is 6.20 Å². The third kappa shape index (κ3) is 1.02. The highest BCUT2D eigenvalue weighted by Gasteiger charge is 1.98. The molecular weight excluding hydrogens is 118 g/mol. The molecule has 0 saturated carbocycles. The molecule has 0 spiro atoms. The summed E-state index contributed by atoms with van der Waals surface area (Å²) in [5.41, 5.74) is 3.47. The number of hydrogen-bond donors (Lipinski definition) is 2. The summed E-state index contributed by atoms with van der Waals surface area (Å²) in [5, 5.41) is 12.4. The van der Waals surface area contributed by atoms with E-state index in [0.717, 1.165) is 5.69 Å². The van der Waals surface area contributed by atoms with E-state index in [2.05, 4.69) is 5.10 Å². The number of nitrogens with zero attached hydrogens (tertiary/aromatic N) is 2. The first-order valence-corrected chi connectivity index (χ1v) is 2.64. The molecule has 1 heterocycles. The number of rotatable bonds is 1. The molecule has 0 aromatic carbocycles. The van der Waals surface area contributed by atoms with E-state index in [4.69, 9.17) is 5.21 Å². The summed E-state index contributed by atoms with van der Waals surface area (Å²) >= 11 is 0. The van der Waals surface area contributed by atoms with Crippen molar-refractivity contribution in [3.63, 3.8) is 0 Å². The van der Waals surface area contributed by atoms with Crippen LogP contribution in [-0.4, -0.2) is 15.0 Å². The monoisotopic (exact) mass is 127 g/mol. The molecule has 0 aliphatic carbocycles. The average Bonchev–Trinajstić information content (AvgIpc) is 2.10. The van der Waals surface area contributed by atoms with Gasteiger partial charge in [0, 0.05) is 7.05 Å². The van der Waals surface area contributed by atoms with Crippen molar-refractivity contribution in [2.24, 2.45) is 7.05 Å². The molecule has 0 bridgehead atoms. The Kier molecular flexibility index (Phi) is 1.40. The van der Waals surface area contributed by atoms with Crippen LogP contribution in [0.1, 0.15) is 5.69 Å². The Morgan fingerprint density at radius 2 is 2.44 bits per heavy atom. The maximum Gasteiger partial charge on any atom is 0.101 e. The van der Waals surface area contributed by atoms with Crippen LogP contribution in [0, 0.1) is 6.92 Å². The molecule has 0 aliphatic rings. The first kappa shape index (κ1) is 6.10. The van der Waals surface area contributed by atoms with E-state index >= 15 is 0 Å². The Labute approximate surface area is 53.1 Å². The van der Waals surface area contributed by atoms with Crippen molar-refractivity contribution < 1.29 is 5.21 Å². The van der Waals surface area contributed by atoms with Crippen LogP contribution < -0.4 is 5.48 Å². The molecule has 0 aliphatic heterocycles. The highest BCUT2D eigenvalue weighted by molar-refractivity contribution is 5.42. The summed E-state index contributed by atoms with van der Waals surface area (Å²) in [7, 11) is 1.80. The summed E-state index contributed by atoms with van der Waals surface area (Å²) in [5.74, 6) is 0. The van der Waals surface area contributed by atoms with Gasteiger partial charge >= 0.3 is 0 Å². The molecule has 0 fully saturated rings. The predicted octanol–water partition coefficient (Wildman–Crippen LogP) is 0.530. The van der Waals surface area contributed by atoms with Gasteiger partial charge in [-0.3, -0.25) is 15.4 Å². The maximum absolute atomic E-state index is 8.43. The zero-order valence-corrected chi connectivity index (χ0v) is 5.42. The second-order valence-electron chi connectivity index (χ2n) is 1.91. The van der Waals surface area contributed by atoms with Gasteiger partial charge in [0.25, 0.3) is 0 Å². The van der Waals surface area contributed by atoms with Crippen LogP contribution in [-0.2, 0) is 7.05 Å². The molecule has 0 atom stereocenters. The minimum atomic E-state index is 0.650. The van der Waals surface area contributed by atoms with Gasteiger partial charge in [-0.25, -0.2) is 0 Å². The lowest BCUT2D eigenvalue weighted by Gasteiger charge is -1.89. The molecule has 2 N–H and O–H groups in total. The number of aryl methyl sites for hydroxylation is 2. The summed E-state index contributed by atoms with van der Waals surface area (Å²) in [4.78, 5) is 0. The van der Waals surface area contributed by atoms with Gasteiger partial charge in [-0.1, -0.05) is 0 Å². The number of anilines is 1. The van der Waals surface area contributed by atoms with Crippen molar-refractivity contribution in [2.45, 2.75) is 6.92 Å². The summed E-state index contributed by atoms with van der Waals surface area (Å²) in [6.07, 6.45) is 1.70. The third-order valence-electron chi connectivity index (χ3n) is 1.13. The SMILES string of the molecule is Cc1nn(C)cc1NO. The standard InChI is InChI=1S/C5H9N3O/c1-4-5(7-9)3-8(2)6-4/h3,7,9H,1-2H3. The highest BCUT2D eigenvalue weighted by atomic mass is 16.5. The topological polar surface area (TPSA) is 50.1 Å². The molecule has 0 radical (unpaired) electrons. The Balaban J connectivity index is 3.01. The van der Waals surface area contributed by atoms with E-state index in [1.807, 2.05) is 12.4 Å². The number of nitrogens with one attached hydrogen (secondary N) is 1.